The predicted octanol–water partition coefficient (Wildman–Crippen LogP) is 2.48. The van der Waals surface area contributed by atoms with E-state index in [0.717, 1.165) is 24.6 Å². The number of pyridine rings is 1. The van der Waals surface area contributed by atoms with Crippen molar-refractivity contribution in [2.45, 2.75) is 33.2 Å². The van der Waals surface area contributed by atoms with E-state index in [1.165, 1.54) is 12.8 Å². The van der Waals surface area contributed by atoms with Gasteiger partial charge in [0, 0.05) is 24.8 Å². The van der Waals surface area contributed by atoms with E-state index in [-0.39, 0.29) is 0 Å². The zero-order chi connectivity index (χ0) is 12.3. The monoisotopic (exact) mass is 229 g/mol. The van der Waals surface area contributed by atoms with Gasteiger partial charge in [0.1, 0.15) is 11.8 Å². The molecular weight excluding hydrogens is 210 g/mol. The molecule has 0 bridgehead atoms. The van der Waals surface area contributed by atoms with Gasteiger partial charge in [0.2, 0.25) is 0 Å². The molecule has 0 amide bonds. The van der Waals surface area contributed by atoms with Gasteiger partial charge in [-0.15, -0.1) is 0 Å². The van der Waals surface area contributed by atoms with Crippen LogP contribution < -0.4 is 5.32 Å². The molecule has 0 spiro atoms. The minimum absolute atomic E-state index is 0.509. The van der Waals surface area contributed by atoms with Crippen LogP contribution in [0.5, 0.6) is 0 Å². The Hall–Kier alpha value is -1.40. The van der Waals surface area contributed by atoms with Gasteiger partial charge in [-0.2, -0.15) is 5.26 Å². The van der Waals surface area contributed by atoms with Gasteiger partial charge in [0.05, 0.1) is 0 Å². The van der Waals surface area contributed by atoms with Crippen molar-refractivity contribution in [2.24, 2.45) is 11.3 Å². The second-order valence-corrected chi connectivity index (χ2v) is 5.24. The molecule has 1 aliphatic rings. The highest BCUT2D eigenvalue weighted by molar-refractivity contribution is 5.30. The standard InChI is InChI=1S/C14H19N3/c1-11(2)14(5-6-14)10-16-9-12-4-3-7-17-13(12)8-15/h3-4,7,11,16H,5-6,9-10H2,1-2H3. The highest BCUT2D eigenvalue weighted by Crippen LogP contribution is 2.51. The SMILES string of the molecule is CC(C)C1(CNCc2cccnc2C#N)CC1. The van der Waals surface area contributed by atoms with Crippen molar-refractivity contribution in [1.82, 2.24) is 10.3 Å². The van der Waals surface area contributed by atoms with Gasteiger partial charge >= 0.3 is 0 Å². The Labute approximate surface area is 103 Å². The molecule has 0 aliphatic heterocycles. The van der Waals surface area contributed by atoms with E-state index in [2.05, 4.69) is 30.2 Å². The fraction of sp³-hybridized carbons (Fsp3) is 0.571. The molecule has 0 atom stereocenters. The van der Waals surface area contributed by atoms with Crippen molar-refractivity contribution < 1.29 is 0 Å². The number of nitrogens with zero attached hydrogens (tertiary/aromatic N) is 2. The summed E-state index contributed by atoms with van der Waals surface area (Å²) in [6, 6.07) is 5.98. The maximum absolute atomic E-state index is 8.94. The smallest absolute Gasteiger partial charge is 0.144 e. The molecule has 1 fully saturated rings. The lowest BCUT2D eigenvalue weighted by atomic mass is 9.92. The van der Waals surface area contributed by atoms with Gasteiger partial charge in [-0.25, -0.2) is 4.98 Å². The lowest BCUT2D eigenvalue weighted by molar-refractivity contribution is 0.337. The van der Waals surface area contributed by atoms with Crippen molar-refractivity contribution >= 4 is 0 Å². The van der Waals surface area contributed by atoms with E-state index >= 15 is 0 Å². The van der Waals surface area contributed by atoms with Crippen LogP contribution in [-0.4, -0.2) is 11.5 Å². The molecule has 1 aliphatic carbocycles. The Balaban J connectivity index is 1.89. The minimum Gasteiger partial charge on any atom is -0.312 e. The fourth-order valence-electron chi connectivity index (χ4n) is 2.25. The average molecular weight is 229 g/mol. The molecule has 1 N–H and O–H groups in total. The number of nitriles is 1. The Morgan fingerprint density at radius 2 is 2.29 bits per heavy atom. The van der Waals surface area contributed by atoms with Crippen molar-refractivity contribution in [2.75, 3.05) is 6.54 Å². The molecule has 17 heavy (non-hydrogen) atoms. The number of hydrogen-bond acceptors (Lipinski definition) is 3. The predicted molar refractivity (Wildman–Crippen MR) is 67.2 cm³/mol. The molecule has 1 heterocycles. The van der Waals surface area contributed by atoms with E-state index in [0.29, 0.717) is 11.1 Å². The van der Waals surface area contributed by atoms with Crippen LogP contribution in [0.4, 0.5) is 0 Å². The van der Waals surface area contributed by atoms with Crippen LogP contribution in [-0.2, 0) is 6.54 Å². The van der Waals surface area contributed by atoms with E-state index in [1.807, 2.05) is 12.1 Å². The van der Waals surface area contributed by atoms with Crippen LogP contribution in [0.2, 0.25) is 0 Å². The van der Waals surface area contributed by atoms with Crippen LogP contribution in [0, 0.1) is 22.7 Å². The van der Waals surface area contributed by atoms with E-state index < -0.39 is 0 Å². The second-order valence-electron chi connectivity index (χ2n) is 5.24. The summed E-state index contributed by atoms with van der Waals surface area (Å²) in [5.41, 5.74) is 2.04. The van der Waals surface area contributed by atoms with Crippen LogP contribution in [0.25, 0.3) is 0 Å². The maximum Gasteiger partial charge on any atom is 0.144 e. The van der Waals surface area contributed by atoms with Crippen LogP contribution in [0.3, 0.4) is 0 Å². The molecule has 1 saturated carbocycles. The summed E-state index contributed by atoms with van der Waals surface area (Å²) >= 11 is 0. The summed E-state index contributed by atoms with van der Waals surface area (Å²) in [5, 5.41) is 12.4. The lowest BCUT2D eigenvalue weighted by Gasteiger charge is -2.20. The number of hydrogen-bond donors (Lipinski definition) is 1. The first kappa shape index (κ1) is 12.1. The highest BCUT2D eigenvalue weighted by Gasteiger charge is 2.44. The quantitative estimate of drug-likeness (QED) is 0.843. The van der Waals surface area contributed by atoms with E-state index in [4.69, 9.17) is 5.26 Å². The van der Waals surface area contributed by atoms with Gasteiger partial charge < -0.3 is 5.32 Å². The number of nitrogens with one attached hydrogen (secondary N) is 1. The van der Waals surface area contributed by atoms with Crippen molar-refractivity contribution in [3.8, 4) is 6.07 Å². The first-order chi connectivity index (χ1) is 8.18. The van der Waals surface area contributed by atoms with Gasteiger partial charge in [0.25, 0.3) is 0 Å². The summed E-state index contributed by atoms with van der Waals surface area (Å²) in [5.74, 6) is 0.735. The van der Waals surface area contributed by atoms with Gasteiger partial charge in [-0.3, -0.25) is 0 Å². The molecule has 1 aromatic rings. The molecule has 0 radical (unpaired) electrons. The molecule has 3 heteroatoms. The largest absolute Gasteiger partial charge is 0.312 e. The minimum atomic E-state index is 0.509. The molecular formula is C14H19N3. The lowest BCUT2D eigenvalue weighted by Crippen LogP contribution is -2.27. The first-order valence-corrected chi connectivity index (χ1v) is 6.23. The van der Waals surface area contributed by atoms with E-state index in [9.17, 15) is 0 Å². The fourth-order valence-corrected chi connectivity index (χ4v) is 2.25. The number of aromatic nitrogens is 1. The number of rotatable bonds is 5. The average Bonchev–Trinajstić information content (AvgIpc) is 3.11. The maximum atomic E-state index is 8.94. The molecule has 1 aromatic heterocycles. The Bertz CT molecular complexity index is 427. The van der Waals surface area contributed by atoms with Crippen LogP contribution >= 0.6 is 0 Å². The van der Waals surface area contributed by atoms with Crippen LogP contribution in [0.15, 0.2) is 18.3 Å². The highest BCUT2D eigenvalue weighted by atomic mass is 14.9. The topological polar surface area (TPSA) is 48.7 Å². The third-order valence-corrected chi connectivity index (χ3v) is 3.91. The third-order valence-electron chi connectivity index (χ3n) is 3.91. The molecule has 3 nitrogen and oxygen atoms in total. The van der Waals surface area contributed by atoms with Crippen molar-refractivity contribution in [3.63, 3.8) is 0 Å². The second kappa shape index (κ2) is 4.85. The summed E-state index contributed by atoms with van der Waals surface area (Å²) < 4.78 is 0. The van der Waals surface area contributed by atoms with Gasteiger partial charge in [-0.05, 0) is 30.2 Å². The Morgan fingerprint density at radius 3 is 2.88 bits per heavy atom. The molecule has 0 aromatic carbocycles. The zero-order valence-corrected chi connectivity index (χ0v) is 10.5. The third kappa shape index (κ3) is 2.65. The van der Waals surface area contributed by atoms with Gasteiger partial charge in [0.15, 0.2) is 0 Å². The normalized spacial score (nSPS) is 16.8. The van der Waals surface area contributed by atoms with E-state index in [1.54, 1.807) is 6.20 Å². The molecule has 2 rings (SSSR count). The molecule has 0 saturated heterocycles. The summed E-state index contributed by atoms with van der Waals surface area (Å²) in [4.78, 5) is 4.06. The molecule has 0 unspecified atom stereocenters. The Kier molecular flexibility index (Phi) is 3.44. The first-order valence-electron chi connectivity index (χ1n) is 6.23. The zero-order valence-electron chi connectivity index (χ0n) is 10.5. The summed E-state index contributed by atoms with van der Waals surface area (Å²) in [6.45, 7) is 6.37. The summed E-state index contributed by atoms with van der Waals surface area (Å²) in [7, 11) is 0. The Morgan fingerprint density at radius 1 is 1.53 bits per heavy atom. The van der Waals surface area contributed by atoms with Crippen molar-refractivity contribution in [3.05, 3.63) is 29.6 Å². The molecule has 90 valence electrons. The van der Waals surface area contributed by atoms with Gasteiger partial charge in [-0.1, -0.05) is 19.9 Å². The van der Waals surface area contributed by atoms with Crippen LogP contribution in [0.1, 0.15) is 37.9 Å². The van der Waals surface area contributed by atoms with Crippen molar-refractivity contribution in [1.29, 1.82) is 5.26 Å². The summed E-state index contributed by atoms with van der Waals surface area (Å²) in [6.07, 6.45) is 4.32.